The highest BCUT2D eigenvalue weighted by Gasteiger charge is 2.15. The quantitative estimate of drug-likeness (QED) is 0.884. The van der Waals surface area contributed by atoms with Gasteiger partial charge in [-0.3, -0.25) is 4.79 Å². The first-order valence-corrected chi connectivity index (χ1v) is 5.58. The molecule has 1 aromatic carbocycles. The fourth-order valence-electron chi connectivity index (χ4n) is 1.72. The first-order valence-electron chi connectivity index (χ1n) is 5.20. The van der Waals surface area contributed by atoms with Crippen LogP contribution in [0.4, 0.5) is 4.39 Å². The van der Waals surface area contributed by atoms with E-state index in [0.29, 0.717) is 29.7 Å². The van der Waals surface area contributed by atoms with E-state index in [0.717, 1.165) is 0 Å². The van der Waals surface area contributed by atoms with Crippen LogP contribution in [0.2, 0.25) is 5.02 Å². The first kappa shape index (κ1) is 13.8. The van der Waals surface area contributed by atoms with Crippen molar-refractivity contribution in [3.8, 4) is 5.75 Å². The lowest BCUT2D eigenvalue weighted by Crippen LogP contribution is -2.01. The molecule has 0 aromatic heterocycles. The molecule has 0 amide bonds. The summed E-state index contributed by atoms with van der Waals surface area (Å²) in [6.07, 6.45) is 0.802. The second-order valence-electron chi connectivity index (χ2n) is 3.75. The number of benzene rings is 1. The summed E-state index contributed by atoms with van der Waals surface area (Å²) >= 11 is 5.86. The van der Waals surface area contributed by atoms with Crippen LogP contribution < -0.4 is 4.74 Å². The maximum absolute atomic E-state index is 13.4. The number of halogens is 2. The summed E-state index contributed by atoms with van der Waals surface area (Å²) in [5.74, 6) is -0.856. The molecule has 0 unspecified atom stereocenters. The van der Waals surface area contributed by atoms with Crippen molar-refractivity contribution >= 4 is 17.6 Å². The Balaban J connectivity index is 2.99. The summed E-state index contributed by atoms with van der Waals surface area (Å²) in [6, 6.07) is 1.31. The van der Waals surface area contributed by atoms with Gasteiger partial charge in [0.15, 0.2) is 0 Å². The Morgan fingerprint density at radius 3 is 2.76 bits per heavy atom. The van der Waals surface area contributed by atoms with Crippen molar-refractivity contribution in [3.05, 3.63) is 28.0 Å². The van der Waals surface area contributed by atoms with Crippen molar-refractivity contribution in [3.63, 3.8) is 0 Å². The average Bonchev–Trinajstić information content (AvgIpc) is 2.24. The van der Waals surface area contributed by atoms with E-state index in [9.17, 15) is 9.18 Å². The van der Waals surface area contributed by atoms with Crippen LogP contribution >= 0.6 is 11.6 Å². The first-order chi connectivity index (χ1) is 7.97. The number of rotatable bonds is 5. The Hall–Kier alpha value is -1.29. The zero-order valence-electron chi connectivity index (χ0n) is 9.72. The molecule has 0 bridgehead atoms. The molecule has 0 saturated carbocycles. The van der Waals surface area contributed by atoms with Crippen LogP contribution in [0, 0.1) is 12.7 Å². The summed E-state index contributed by atoms with van der Waals surface area (Å²) in [5, 5.41) is 8.57. The van der Waals surface area contributed by atoms with Crippen LogP contribution in [-0.2, 0) is 11.2 Å². The molecule has 0 aliphatic carbocycles. The predicted octanol–water partition coefficient (Wildman–Crippen LogP) is 3.20. The molecule has 0 saturated heterocycles. The van der Waals surface area contributed by atoms with Crippen molar-refractivity contribution < 1.29 is 19.0 Å². The zero-order chi connectivity index (χ0) is 13.0. The molecule has 0 heterocycles. The minimum atomic E-state index is -0.881. The third-order valence-electron chi connectivity index (χ3n) is 2.47. The third kappa shape index (κ3) is 3.33. The molecular formula is C12H14ClFO3. The van der Waals surface area contributed by atoms with Crippen molar-refractivity contribution in [1.29, 1.82) is 0 Å². The van der Waals surface area contributed by atoms with Crippen molar-refractivity contribution in [2.24, 2.45) is 0 Å². The lowest BCUT2D eigenvalue weighted by atomic mass is 10.0. The van der Waals surface area contributed by atoms with Gasteiger partial charge in [0.1, 0.15) is 11.6 Å². The monoisotopic (exact) mass is 260 g/mol. The van der Waals surface area contributed by atoms with E-state index in [1.807, 2.05) is 0 Å². The average molecular weight is 261 g/mol. The molecule has 3 nitrogen and oxygen atoms in total. The van der Waals surface area contributed by atoms with Gasteiger partial charge in [-0.2, -0.15) is 0 Å². The van der Waals surface area contributed by atoms with Crippen LogP contribution in [0.1, 0.15) is 24.0 Å². The molecule has 17 heavy (non-hydrogen) atoms. The SMILES string of the molecule is COc1c(C)cc(F)c(Cl)c1CCCC(=O)O. The number of methoxy groups -OCH3 is 1. The molecule has 1 aromatic rings. The van der Waals surface area contributed by atoms with Gasteiger partial charge in [0.05, 0.1) is 12.1 Å². The molecule has 0 aliphatic rings. The topological polar surface area (TPSA) is 46.5 Å². The fourth-order valence-corrected chi connectivity index (χ4v) is 1.96. The number of hydrogen-bond acceptors (Lipinski definition) is 2. The molecule has 0 atom stereocenters. The van der Waals surface area contributed by atoms with E-state index < -0.39 is 11.8 Å². The zero-order valence-corrected chi connectivity index (χ0v) is 10.5. The molecule has 0 radical (unpaired) electrons. The van der Waals surface area contributed by atoms with Gasteiger partial charge in [-0.1, -0.05) is 11.6 Å². The largest absolute Gasteiger partial charge is 0.496 e. The maximum Gasteiger partial charge on any atom is 0.303 e. The lowest BCUT2D eigenvalue weighted by Gasteiger charge is -2.13. The van der Waals surface area contributed by atoms with Gasteiger partial charge in [0, 0.05) is 12.0 Å². The summed E-state index contributed by atoms with van der Waals surface area (Å²) in [4.78, 5) is 10.4. The Morgan fingerprint density at radius 1 is 1.59 bits per heavy atom. The van der Waals surface area contributed by atoms with Crippen molar-refractivity contribution in [2.45, 2.75) is 26.2 Å². The minimum absolute atomic E-state index is 0.0119. The van der Waals surface area contributed by atoms with Gasteiger partial charge in [-0.05, 0) is 31.4 Å². The number of hydrogen-bond donors (Lipinski definition) is 1. The van der Waals surface area contributed by atoms with E-state index in [4.69, 9.17) is 21.4 Å². The van der Waals surface area contributed by atoms with Crippen LogP contribution in [0.3, 0.4) is 0 Å². The Bertz CT molecular complexity index is 432. The minimum Gasteiger partial charge on any atom is -0.496 e. The highest BCUT2D eigenvalue weighted by atomic mass is 35.5. The molecule has 0 fully saturated rings. The molecule has 94 valence electrons. The number of carbonyl (C=O) groups is 1. The van der Waals surface area contributed by atoms with E-state index >= 15 is 0 Å². The van der Waals surface area contributed by atoms with Gasteiger partial charge >= 0.3 is 5.97 Å². The second kappa shape index (κ2) is 5.87. The number of carboxylic acids is 1. The summed E-state index contributed by atoms with van der Waals surface area (Å²) < 4.78 is 18.6. The molecule has 5 heteroatoms. The Morgan fingerprint density at radius 2 is 2.24 bits per heavy atom. The number of aryl methyl sites for hydroxylation is 1. The number of aliphatic carboxylic acids is 1. The molecular weight excluding hydrogens is 247 g/mol. The standard InChI is InChI=1S/C12H14ClFO3/c1-7-6-9(14)11(13)8(12(7)17-2)4-3-5-10(15)16/h6H,3-5H2,1-2H3,(H,15,16). The maximum atomic E-state index is 13.4. The van der Waals surface area contributed by atoms with Crippen LogP contribution in [-0.4, -0.2) is 18.2 Å². The lowest BCUT2D eigenvalue weighted by molar-refractivity contribution is -0.137. The smallest absolute Gasteiger partial charge is 0.303 e. The van der Waals surface area contributed by atoms with Gasteiger partial charge in [0.2, 0.25) is 0 Å². The van der Waals surface area contributed by atoms with Crippen LogP contribution in [0.5, 0.6) is 5.75 Å². The summed E-state index contributed by atoms with van der Waals surface area (Å²) in [7, 11) is 1.48. The van der Waals surface area contributed by atoms with Gasteiger partial charge in [0.25, 0.3) is 0 Å². The van der Waals surface area contributed by atoms with Gasteiger partial charge in [-0.15, -0.1) is 0 Å². The second-order valence-corrected chi connectivity index (χ2v) is 4.13. The van der Waals surface area contributed by atoms with Gasteiger partial charge < -0.3 is 9.84 Å². The van der Waals surface area contributed by atoms with Crippen molar-refractivity contribution in [2.75, 3.05) is 7.11 Å². The summed E-state index contributed by atoms with van der Waals surface area (Å²) in [5.41, 5.74) is 1.19. The fraction of sp³-hybridized carbons (Fsp3) is 0.417. The number of ether oxygens (including phenoxy) is 1. The van der Waals surface area contributed by atoms with Crippen LogP contribution in [0.15, 0.2) is 6.07 Å². The summed E-state index contributed by atoms with van der Waals surface area (Å²) in [6.45, 7) is 1.72. The van der Waals surface area contributed by atoms with E-state index in [2.05, 4.69) is 0 Å². The number of carboxylic acid groups (broad SMARTS) is 1. The Labute approximate surface area is 104 Å². The molecule has 0 aliphatic heterocycles. The molecule has 1 N–H and O–H groups in total. The third-order valence-corrected chi connectivity index (χ3v) is 2.88. The normalized spacial score (nSPS) is 10.4. The predicted molar refractivity (Wildman–Crippen MR) is 63.3 cm³/mol. The van der Waals surface area contributed by atoms with E-state index in [1.165, 1.54) is 13.2 Å². The van der Waals surface area contributed by atoms with E-state index in [-0.39, 0.29) is 11.4 Å². The van der Waals surface area contributed by atoms with Crippen molar-refractivity contribution in [1.82, 2.24) is 0 Å². The molecule has 1 rings (SSSR count). The Kier molecular flexibility index (Phi) is 4.75. The highest BCUT2D eigenvalue weighted by molar-refractivity contribution is 6.31. The van der Waals surface area contributed by atoms with E-state index in [1.54, 1.807) is 6.92 Å². The highest BCUT2D eigenvalue weighted by Crippen LogP contribution is 2.33. The molecule has 0 spiro atoms. The van der Waals surface area contributed by atoms with Gasteiger partial charge in [-0.25, -0.2) is 4.39 Å². The van der Waals surface area contributed by atoms with Crippen LogP contribution in [0.25, 0.3) is 0 Å².